The number of hydrogen-bond acceptors (Lipinski definition) is 4. The lowest BCUT2D eigenvalue weighted by Gasteiger charge is -2.33. The van der Waals surface area contributed by atoms with Crippen molar-refractivity contribution in [2.75, 3.05) is 39.3 Å². The fourth-order valence-electron chi connectivity index (χ4n) is 2.78. The van der Waals surface area contributed by atoms with Crippen molar-refractivity contribution in [3.63, 3.8) is 0 Å². The molecule has 0 atom stereocenters. The maximum atomic E-state index is 12.6. The quantitative estimate of drug-likeness (QED) is 0.773. The molecule has 1 heterocycles. The largest absolute Gasteiger partial charge is 0.492 e. The van der Waals surface area contributed by atoms with Gasteiger partial charge in [0.1, 0.15) is 12.4 Å². The second-order valence-corrected chi connectivity index (χ2v) is 8.24. The fourth-order valence-corrected chi connectivity index (χ4v) is 4.41. The highest BCUT2D eigenvalue weighted by Gasteiger charge is 2.28. The van der Waals surface area contributed by atoms with Crippen molar-refractivity contribution in [1.82, 2.24) is 9.21 Å². The van der Waals surface area contributed by atoms with Crippen LogP contribution in [-0.2, 0) is 10.0 Å². The van der Waals surface area contributed by atoms with E-state index >= 15 is 0 Å². The smallest absolute Gasteiger partial charge is 0.243 e. The van der Waals surface area contributed by atoms with Gasteiger partial charge in [0.2, 0.25) is 10.0 Å². The molecule has 1 fully saturated rings. The van der Waals surface area contributed by atoms with Crippen molar-refractivity contribution >= 4 is 21.6 Å². The molecule has 0 aromatic heterocycles. The molecular weight excluding hydrogens is 360 g/mol. The Hall–Kier alpha value is -1.60. The van der Waals surface area contributed by atoms with Crippen LogP contribution < -0.4 is 4.74 Å². The number of ether oxygens (including phenoxy) is 1. The summed E-state index contributed by atoms with van der Waals surface area (Å²) in [5, 5.41) is 0.650. The van der Waals surface area contributed by atoms with Gasteiger partial charge in [0.15, 0.2) is 0 Å². The van der Waals surface area contributed by atoms with Gasteiger partial charge in [0.05, 0.1) is 4.90 Å². The van der Waals surface area contributed by atoms with Crippen LogP contribution in [0.15, 0.2) is 59.5 Å². The summed E-state index contributed by atoms with van der Waals surface area (Å²) in [6.45, 7) is 3.69. The highest BCUT2D eigenvalue weighted by Crippen LogP contribution is 2.18. The van der Waals surface area contributed by atoms with Crippen molar-refractivity contribution in [2.24, 2.45) is 0 Å². The van der Waals surface area contributed by atoms with Gasteiger partial charge in [-0.15, -0.1) is 0 Å². The molecule has 1 aliphatic rings. The van der Waals surface area contributed by atoms with E-state index in [1.54, 1.807) is 40.7 Å². The summed E-state index contributed by atoms with van der Waals surface area (Å²) in [6, 6.07) is 15.9. The van der Waals surface area contributed by atoms with Crippen LogP contribution in [0.5, 0.6) is 5.75 Å². The molecule has 134 valence electrons. The number of benzene rings is 2. The number of piperazine rings is 1. The van der Waals surface area contributed by atoms with E-state index in [-0.39, 0.29) is 0 Å². The Morgan fingerprint density at radius 2 is 1.68 bits per heavy atom. The van der Waals surface area contributed by atoms with Crippen LogP contribution in [0.3, 0.4) is 0 Å². The zero-order valence-corrected chi connectivity index (χ0v) is 15.4. The minimum atomic E-state index is -3.39. The zero-order chi connectivity index (χ0) is 17.7. The Labute approximate surface area is 153 Å². The topological polar surface area (TPSA) is 49.9 Å². The number of halogens is 1. The molecule has 2 aromatic carbocycles. The molecule has 3 rings (SSSR count). The molecule has 0 aliphatic carbocycles. The highest BCUT2D eigenvalue weighted by atomic mass is 35.5. The zero-order valence-electron chi connectivity index (χ0n) is 13.8. The molecule has 1 aliphatic heterocycles. The summed E-state index contributed by atoms with van der Waals surface area (Å²) >= 11 is 5.93. The summed E-state index contributed by atoms with van der Waals surface area (Å²) < 4.78 is 32.4. The van der Waals surface area contributed by atoms with Crippen molar-refractivity contribution in [3.05, 3.63) is 59.6 Å². The minimum absolute atomic E-state index is 0.354. The molecule has 5 nitrogen and oxygen atoms in total. The van der Waals surface area contributed by atoms with Gasteiger partial charge >= 0.3 is 0 Å². The van der Waals surface area contributed by atoms with Gasteiger partial charge in [-0.2, -0.15) is 4.31 Å². The van der Waals surface area contributed by atoms with Crippen LogP contribution in [0.4, 0.5) is 0 Å². The van der Waals surface area contributed by atoms with Gasteiger partial charge in [0, 0.05) is 37.7 Å². The maximum absolute atomic E-state index is 12.6. The van der Waals surface area contributed by atoms with Crippen molar-refractivity contribution < 1.29 is 13.2 Å². The molecule has 2 aromatic rings. The van der Waals surface area contributed by atoms with Gasteiger partial charge in [-0.3, -0.25) is 4.90 Å². The monoisotopic (exact) mass is 380 g/mol. The third-order valence-corrected chi connectivity index (χ3v) is 6.33. The van der Waals surface area contributed by atoms with Gasteiger partial charge in [0.25, 0.3) is 0 Å². The molecule has 0 bridgehead atoms. The molecular formula is C18H21ClN2O3S. The normalized spacial score (nSPS) is 16.7. The van der Waals surface area contributed by atoms with Crippen LogP contribution in [0.2, 0.25) is 5.02 Å². The van der Waals surface area contributed by atoms with Gasteiger partial charge in [-0.1, -0.05) is 35.9 Å². The maximum Gasteiger partial charge on any atom is 0.243 e. The first-order chi connectivity index (χ1) is 12.1. The van der Waals surface area contributed by atoms with E-state index in [2.05, 4.69) is 4.90 Å². The number of rotatable bonds is 6. The summed E-state index contributed by atoms with van der Waals surface area (Å²) in [7, 11) is -3.39. The standard InChI is InChI=1S/C18H21ClN2O3S/c19-16-5-4-6-17(15-16)24-14-13-20-9-11-21(12-10-20)25(22,23)18-7-2-1-3-8-18/h1-8,15H,9-14H2. The molecule has 0 unspecified atom stereocenters. The van der Waals surface area contributed by atoms with E-state index < -0.39 is 10.0 Å². The Bertz CT molecular complexity index is 791. The van der Waals surface area contributed by atoms with Crippen molar-refractivity contribution in [2.45, 2.75) is 4.90 Å². The van der Waals surface area contributed by atoms with Gasteiger partial charge in [-0.25, -0.2) is 8.42 Å². The summed E-state index contributed by atoms with van der Waals surface area (Å²) in [5.74, 6) is 0.748. The van der Waals surface area contributed by atoms with E-state index in [0.717, 1.165) is 12.3 Å². The summed E-state index contributed by atoms with van der Waals surface area (Å²) in [4.78, 5) is 2.56. The minimum Gasteiger partial charge on any atom is -0.492 e. The number of hydrogen-bond donors (Lipinski definition) is 0. The van der Waals surface area contributed by atoms with Crippen LogP contribution in [0.25, 0.3) is 0 Å². The third kappa shape index (κ3) is 4.73. The van der Waals surface area contributed by atoms with Crippen LogP contribution >= 0.6 is 11.6 Å². The molecule has 0 spiro atoms. The predicted octanol–water partition coefficient (Wildman–Crippen LogP) is 2.73. The summed E-state index contributed by atoms with van der Waals surface area (Å²) in [6.07, 6.45) is 0. The average molecular weight is 381 g/mol. The van der Waals surface area contributed by atoms with Crippen LogP contribution in [0, 0.1) is 0 Å². The molecule has 25 heavy (non-hydrogen) atoms. The second-order valence-electron chi connectivity index (χ2n) is 5.86. The lowest BCUT2D eigenvalue weighted by atomic mass is 10.3. The van der Waals surface area contributed by atoms with E-state index in [1.807, 2.05) is 18.2 Å². The average Bonchev–Trinajstić information content (AvgIpc) is 2.63. The molecule has 0 N–H and O–H groups in total. The van der Waals surface area contributed by atoms with Gasteiger partial charge in [-0.05, 0) is 30.3 Å². The predicted molar refractivity (Wildman–Crippen MR) is 98.6 cm³/mol. The molecule has 0 radical (unpaired) electrons. The molecule has 1 saturated heterocycles. The fraction of sp³-hybridized carbons (Fsp3) is 0.333. The molecule has 7 heteroatoms. The second kappa shape index (κ2) is 8.19. The van der Waals surface area contributed by atoms with Crippen molar-refractivity contribution in [3.8, 4) is 5.75 Å². The molecule has 0 amide bonds. The van der Waals surface area contributed by atoms with Crippen LogP contribution in [0.1, 0.15) is 0 Å². The first kappa shape index (κ1) is 18.2. The first-order valence-electron chi connectivity index (χ1n) is 8.22. The molecule has 0 saturated carbocycles. The Morgan fingerprint density at radius 3 is 2.36 bits per heavy atom. The van der Waals surface area contributed by atoms with E-state index in [9.17, 15) is 8.42 Å². The van der Waals surface area contributed by atoms with E-state index in [4.69, 9.17) is 16.3 Å². The lowest BCUT2D eigenvalue weighted by molar-refractivity contribution is 0.159. The Balaban J connectivity index is 1.47. The SMILES string of the molecule is O=S(=O)(c1ccccc1)N1CCN(CCOc2cccc(Cl)c2)CC1. The Morgan fingerprint density at radius 1 is 0.960 bits per heavy atom. The van der Waals surface area contributed by atoms with Crippen molar-refractivity contribution in [1.29, 1.82) is 0 Å². The highest BCUT2D eigenvalue weighted by molar-refractivity contribution is 7.89. The summed E-state index contributed by atoms with van der Waals surface area (Å²) in [5.41, 5.74) is 0. The van der Waals surface area contributed by atoms with E-state index in [1.165, 1.54) is 0 Å². The van der Waals surface area contributed by atoms with Gasteiger partial charge < -0.3 is 4.74 Å². The van der Waals surface area contributed by atoms with Crippen LogP contribution in [-0.4, -0.2) is 57.0 Å². The first-order valence-corrected chi connectivity index (χ1v) is 10.0. The number of sulfonamides is 1. The number of nitrogens with zero attached hydrogens (tertiary/aromatic N) is 2. The third-order valence-electron chi connectivity index (χ3n) is 4.18. The van der Waals surface area contributed by atoms with E-state index in [0.29, 0.717) is 42.7 Å². The Kier molecular flexibility index (Phi) is 5.96. The lowest BCUT2D eigenvalue weighted by Crippen LogP contribution is -2.49.